The molecule has 0 aromatic carbocycles. The summed E-state index contributed by atoms with van der Waals surface area (Å²) in [4.78, 5) is 14.9. The average molecular weight is 452 g/mol. The van der Waals surface area contributed by atoms with E-state index in [4.69, 9.17) is 0 Å². The Morgan fingerprint density at radius 2 is 0.812 bits per heavy atom. The van der Waals surface area contributed by atoms with Crippen molar-refractivity contribution in [3.63, 3.8) is 0 Å². The molecule has 0 N–H and O–H groups in total. The second kappa shape index (κ2) is 23.8. The Kier molecular flexibility index (Phi) is 23.5. The first-order valence-corrected chi connectivity index (χ1v) is 14.8. The molecule has 0 fully saturated rings. The van der Waals surface area contributed by atoms with Crippen molar-refractivity contribution in [2.24, 2.45) is 5.92 Å². The zero-order valence-electron chi connectivity index (χ0n) is 23.1. The second-order valence-corrected chi connectivity index (χ2v) is 10.7. The van der Waals surface area contributed by atoms with Crippen LogP contribution in [0.3, 0.4) is 0 Å². The second-order valence-electron chi connectivity index (χ2n) is 10.7. The lowest BCUT2D eigenvalue weighted by atomic mass is 9.97. The standard InChI is InChI=1S/C30H61NO/c1-6-8-10-12-14-16-18-20-22-24-26-31(30(28(3)4)29(5)32)27-25-23-21-19-17-15-13-11-9-7-2/h28,30H,6-27H2,1-5H3. The third-order valence-electron chi connectivity index (χ3n) is 7.04. The number of carbonyl (C=O) groups excluding carboxylic acids is 1. The molecule has 0 aliphatic heterocycles. The zero-order chi connectivity index (χ0) is 23.9. The van der Waals surface area contributed by atoms with Crippen LogP contribution in [-0.4, -0.2) is 29.8 Å². The average Bonchev–Trinajstić information content (AvgIpc) is 2.75. The molecule has 32 heavy (non-hydrogen) atoms. The van der Waals surface area contributed by atoms with Crippen molar-refractivity contribution in [2.75, 3.05) is 13.1 Å². The van der Waals surface area contributed by atoms with Crippen molar-refractivity contribution in [1.82, 2.24) is 4.90 Å². The number of carbonyl (C=O) groups is 1. The number of Topliss-reactive ketones (excluding diaryl/α,β-unsaturated/α-hetero) is 1. The molecule has 0 saturated carbocycles. The maximum Gasteiger partial charge on any atom is 0.147 e. The predicted molar refractivity (Wildman–Crippen MR) is 145 cm³/mol. The van der Waals surface area contributed by atoms with E-state index >= 15 is 0 Å². The molecule has 0 radical (unpaired) electrons. The van der Waals surface area contributed by atoms with E-state index in [-0.39, 0.29) is 6.04 Å². The highest BCUT2D eigenvalue weighted by atomic mass is 16.1. The molecule has 0 aliphatic carbocycles. The van der Waals surface area contributed by atoms with Crippen molar-refractivity contribution < 1.29 is 4.79 Å². The predicted octanol–water partition coefficient (Wildman–Crippen LogP) is 9.74. The van der Waals surface area contributed by atoms with E-state index in [0.717, 1.165) is 13.1 Å². The Labute approximate surface area is 203 Å². The van der Waals surface area contributed by atoms with Gasteiger partial charge in [0.2, 0.25) is 0 Å². The molecule has 0 heterocycles. The van der Waals surface area contributed by atoms with Crippen molar-refractivity contribution in [3.8, 4) is 0 Å². The number of nitrogens with zero attached hydrogens (tertiary/aromatic N) is 1. The van der Waals surface area contributed by atoms with E-state index < -0.39 is 0 Å². The van der Waals surface area contributed by atoms with Crippen molar-refractivity contribution in [2.45, 2.75) is 169 Å². The van der Waals surface area contributed by atoms with Crippen LogP contribution in [-0.2, 0) is 4.79 Å². The van der Waals surface area contributed by atoms with E-state index in [1.54, 1.807) is 6.92 Å². The topological polar surface area (TPSA) is 20.3 Å². The Balaban J connectivity index is 4.03. The number of hydrogen-bond donors (Lipinski definition) is 0. The molecule has 1 atom stereocenters. The monoisotopic (exact) mass is 451 g/mol. The van der Waals surface area contributed by atoms with E-state index in [0.29, 0.717) is 11.7 Å². The number of rotatable bonds is 25. The minimum atomic E-state index is 0.118. The normalized spacial score (nSPS) is 12.7. The lowest BCUT2D eigenvalue weighted by Crippen LogP contribution is -2.44. The molecule has 0 rings (SSSR count). The lowest BCUT2D eigenvalue weighted by Gasteiger charge is -2.33. The van der Waals surface area contributed by atoms with Gasteiger partial charge in [0.1, 0.15) is 5.78 Å². The number of unbranched alkanes of at least 4 members (excludes halogenated alkanes) is 18. The van der Waals surface area contributed by atoms with Crippen LogP contribution in [0.15, 0.2) is 0 Å². The molecule has 2 nitrogen and oxygen atoms in total. The lowest BCUT2D eigenvalue weighted by molar-refractivity contribution is -0.123. The molecule has 0 bridgehead atoms. The van der Waals surface area contributed by atoms with Crippen LogP contribution in [0.1, 0.15) is 163 Å². The van der Waals surface area contributed by atoms with Gasteiger partial charge in [-0.2, -0.15) is 0 Å². The van der Waals surface area contributed by atoms with Gasteiger partial charge in [-0.25, -0.2) is 0 Å². The Morgan fingerprint density at radius 3 is 1.06 bits per heavy atom. The highest BCUT2D eigenvalue weighted by molar-refractivity contribution is 5.81. The fraction of sp³-hybridized carbons (Fsp3) is 0.967. The van der Waals surface area contributed by atoms with Crippen LogP contribution in [0.2, 0.25) is 0 Å². The van der Waals surface area contributed by atoms with Gasteiger partial charge in [-0.05, 0) is 38.8 Å². The number of hydrogen-bond acceptors (Lipinski definition) is 2. The molecule has 0 aromatic heterocycles. The van der Waals surface area contributed by atoms with Crippen LogP contribution in [0.5, 0.6) is 0 Å². The van der Waals surface area contributed by atoms with E-state index in [9.17, 15) is 4.79 Å². The molecule has 0 saturated heterocycles. The van der Waals surface area contributed by atoms with Crippen molar-refractivity contribution in [3.05, 3.63) is 0 Å². The maximum absolute atomic E-state index is 12.3. The van der Waals surface area contributed by atoms with Gasteiger partial charge in [-0.15, -0.1) is 0 Å². The number of ketones is 1. The van der Waals surface area contributed by atoms with Gasteiger partial charge in [-0.3, -0.25) is 9.69 Å². The third kappa shape index (κ3) is 19.1. The fourth-order valence-corrected chi connectivity index (χ4v) is 5.14. The van der Waals surface area contributed by atoms with Gasteiger partial charge in [0, 0.05) is 0 Å². The van der Waals surface area contributed by atoms with Gasteiger partial charge >= 0.3 is 0 Å². The summed E-state index contributed by atoms with van der Waals surface area (Å²) in [7, 11) is 0. The first-order valence-electron chi connectivity index (χ1n) is 14.8. The summed E-state index contributed by atoms with van der Waals surface area (Å²) in [6.45, 7) is 13.0. The Hall–Kier alpha value is -0.370. The van der Waals surface area contributed by atoms with Gasteiger partial charge in [-0.1, -0.05) is 143 Å². The summed E-state index contributed by atoms with van der Waals surface area (Å²) in [5.74, 6) is 0.776. The summed E-state index contributed by atoms with van der Waals surface area (Å²) in [5.41, 5.74) is 0. The van der Waals surface area contributed by atoms with Crippen LogP contribution < -0.4 is 0 Å². The van der Waals surface area contributed by atoms with Gasteiger partial charge < -0.3 is 0 Å². The molecule has 0 aliphatic rings. The van der Waals surface area contributed by atoms with E-state index in [2.05, 4.69) is 32.6 Å². The minimum Gasteiger partial charge on any atom is -0.298 e. The SMILES string of the molecule is CCCCCCCCCCCCN(CCCCCCCCCCCC)C(C(C)=O)C(C)C. The fourth-order valence-electron chi connectivity index (χ4n) is 5.14. The van der Waals surface area contributed by atoms with Crippen LogP contribution in [0, 0.1) is 5.92 Å². The van der Waals surface area contributed by atoms with E-state index in [1.807, 2.05) is 0 Å². The minimum absolute atomic E-state index is 0.118. The Bertz CT molecular complexity index is 368. The van der Waals surface area contributed by atoms with Crippen LogP contribution in [0.25, 0.3) is 0 Å². The van der Waals surface area contributed by atoms with E-state index in [1.165, 1.54) is 128 Å². The summed E-state index contributed by atoms with van der Waals surface area (Å²) < 4.78 is 0. The molecular weight excluding hydrogens is 390 g/mol. The molecule has 0 aromatic rings. The molecule has 192 valence electrons. The largest absolute Gasteiger partial charge is 0.298 e. The third-order valence-corrected chi connectivity index (χ3v) is 7.04. The highest BCUT2D eigenvalue weighted by Gasteiger charge is 2.25. The summed E-state index contributed by atoms with van der Waals surface area (Å²) in [6, 6.07) is 0.118. The summed E-state index contributed by atoms with van der Waals surface area (Å²) >= 11 is 0. The van der Waals surface area contributed by atoms with Crippen molar-refractivity contribution in [1.29, 1.82) is 0 Å². The summed E-state index contributed by atoms with van der Waals surface area (Å²) in [5, 5.41) is 0. The first kappa shape index (κ1) is 31.6. The van der Waals surface area contributed by atoms with Gasteiger partial charge in [0.15, 0.2) is 0 Å². The molecular formula is C30H61NO. The summed E-state index contributed by atoms with van der Waals surface area (Å²) in [6.07, 6.45) is 27.5. The highest BCUT2D eigenvalue weighted by Crippen LogP contribution is 2.17. The van der Waals surface area contributed by atoms with Gasteiger partial charge in [0.05, 0.1) is 6.04 Å². The molecule has 0 spiro atoms. The quantitative estimate of drug-likeness (QED) is 0.129. The molecule has 1 unspecified atom stereocenters. The molecule has 2 heteroatoms. The van der Waals surface area contributed by atoms with Gasteiger partial charge in [0.25, 0.3) is 0 Å². The Morgan fingerprint density at radius 1 is 0.531 bits per heavy atom. The van der Waals surface area contributed by atoms with Crippen LogP contribution >= 0.6 is 0 Å². The van der Waals surface area contributed by atoms with Crippen LogP contribution in [0.4, 0.5) is 0 Å². The zero-order valence-corrected chi connectivity index (χ0v) is 23.1. The molecule has 0 amide bonds. The first-order chi connectivity index (χ1) is 15.5. The maximum atomic E-state index is 12.3. The smallest absolute Gasteiger partial charge is 0.147 e. The van der Waals surface area contributed by atoms with Crippen molar-refractivity contribution >= 4 is 5.78 Å².